The van der Waals surface area contributed by atoms with Crippen molar-refractivity contribution in [3.63, 3.8) is 0 Å². The summed E-state index contributed by atoms with van der Waals surface area (Å²) in [5.41, 5.74) is 12.8. The number of unbranched alkanes of at least 4 members (excludes halogenated alkanes) is 1. The van der Waals surface area contributed by atoms with E-state index < -0.39 is 42.3 Å². The van der Waals surface area contributed by atoms with E-state index in [9.17, 15) is 37.5 Å². The molecule has 0 radical (unpaired) electrons. The summed E-state index contributed by atoms with van der Waals surface area (Å²) in [5.74, 6) is -3.77. The van der Waals surface area contributed by atoms with Gasteiger partial charge in [0.1, 0.15) is 24.4 Å². The van der Waals surface area contributed by atoms with Gasteiger partial charge >= 0.3 is 18.2 Å². The number of alkyl carbamates (subject to hydrolysis) is 1. The van der Waals surface area contributed by atoms with E-state index in [1.165, 1.54) is 4.90 Å². The highest BCUT2D eigenvalue weighted by molar-refractivity contribution is 5.93. The Balaban J connectivity index is 0.00000104. The molecule has 1 aliphatic rings. The summed E-state index contributed by atoms with van der Waals surface area (Å²) in [6, 6.07) is 27.1. The Morgan fingerprint density at radius 2 is 1.42 bits per heavy atom. The molecular formula is C44H50F3N5O8. The van der Waals surface area contributed by atoms with Gasteiger partial charge in [-0.25, -0.2) is 9.59 Å². The first-order valence-electron chi connectivity index (χ1n) is 19.3. The van der Waals surface area contributed by atoms with Crippen LogP contribution in [0.2, 0.25) is 0 Å². The fourth-order valence-corrected chi connectivity index (χ4v) is 6.68. The third kappa shape index (κ3) is 14.1. The van der Waals surface area contributed by atoms with Crippen molar-refractivity contribution in [2.45, 2.75) is 89.9 Å². The lowest BCUT2D eigenvalue weighted by Gasteiger charge is -2.38. The minimum atomic E-state index is -5.08. The quantitative estimate of drug-likeness (QED) is 0.0854. The molecule has 0 aromatic heterocycles. The summed E-state index contributed by atoms with van der Waals surface area (Å²) >= 11 is 0. The minimum Gasteiger partial charge on any atom is -0.508 e. The Hall–Kier alpha value is -6.42. The molecule has 1 aliphatic heterocycles. The number of carboxylic acid groups (broad SMARTS) is 1. The monoisotopic (exact) mass is 833 g/mol. The number of aromatic hydroxyl groups is 1. The first kappa shape index (κ1) is 46.3. The number of ether oxygens (including phenoxy) is 1. The number of nitrogens with zero attached hydrogens (tertiary/aromatic N) is 1. The fourth-order valence-electron chi connectivity index (χ4n) is 6.68. The first-order valence-corrected chi connectivity index (χ1v) is 19.3. The summed E-state index contributed by atoms with van der Waals surface area (Å²) in [5, 5.41) is 25.8. The lowest BCUT2D eigenvalue weighted by molar-refractivity contribution is -0.192. The topological polar surface area (TPSA) is 200 Å². The van der Waals surface area contributed by atoms with Crippen molar-refractivity contribution in [2.24, 2.45) is 5.73 Å². The third-order valence-electron chi connectivity index (χ3n) is 9.84. The van der Waals surface area contributed by atoms with E-state index in [2.05, 4.69) is 16.0 Å². The van der Waals surface area contributed by atoms with Gasteiger partial charge in [0.25, 0.3) is 0 Å². The number of hydrogen-bond acceptors (Lipinski definition) is 8. The molecule has 0 bridgehead atoms. The van der Waals surface area contributed by atoms with Gasteiger partial charge in [0.15, 0.2) is 0 Å². The number of halogens is 3. The van der Waals surface area contributed by atoms with Gasteiger partial charge in [0.2, 0.25) is 17.7 Å². The zero-order chi connectivity index (χ0) is 43.8. The van der Waals surface area contributed by atoms with Crippen molar-refractivity contribution < 1.29 is 52.1 Å². The third-order valence-corrected chi connectivity index (χ3v) is 9.84. The van der Waals surface area contributed by atoms with E-state index in [4.69, 9.17) is 20.4 Å². The molecule has 60 heavy (non-hydrogen) atoms. The Morgan fingerprint density at radius 1 is 0.850 bits per heavy atom. The number of alkyl halides is 3. The number of aryl methyl sites for hydroxylation is 2. The number of rotatable bonds is 15. The number of aliphatic carboxylic acids is 1. The Kier molecular flexibility index (Phi) is 17.0. The van der Waals surface area contributed by atoms with Crippen molar-refractivity contribution in [1.29, 1.82) is 0 Å². The van der Waals surface area contributed by atoms with E-state index in [-0.39, 0.29) is 50.1 Å². The molecule has 5 rings (SSSR count). The second-order valence-electron chi connectivity index (χ2n) is 14.4. The number of phenols is 1. The predicted octanol–water partition coefficient (Wildman–Crippen LogP) is 5.36. The van der Waals surface area contributed by atoms with Crippen LogP contribution in [-0.4, -0.2) is 75.7 Å². The van der Waals surface area contributed by atoms with E-state index >= 15 is 0 Å². The molecule has 3 atom stereocenters. The van der Waals surface area contributed by atoms with Crippen LogP contribution in [0.15, 0.2) is 97.1 Å². The van der Waals surface area contributed by atoms with Crippen molar-refractivity contribution in [2.75, 3.05) is 6.54 Å². The molecule has 4 amide bonds. The number of carboxylic acids is 1. The number of carbonyl (C=O) groups excluding carboxylic acids is 4. The molecule has 0 fully saturated rings. The van der Waals surface area contributed by atoms with Crippen LogP contribution >= 0.6 is 0 Å². The van der Waals surface area contributed by atoms with E-state index in [0.717, 1.165) is 38.9 Å². The molecule has 1 heterocycles. The van der Waals surface area contributed by atoms with Gasteiger partial charge in [-0.2, -0.15) is 13.2 Å². The number of hydrogen-bond donors (Lipinski definition) is 6. The lowest BCUT2D eigenvalue weighted by Crippen LogP contribution is -2.59. The number of phenolic OH excluding ortho intramolecular Hbond substituents is 1. The first-order chi connectivity index (χ1) is 28.5. The molecule has 0 spiro atoms. The van der Waals surface area contributed by atoms with Crippen LogP contribution in [0.3, 0.4) is 0 Å². The van der Waals surface area contributed by atoms with Gasteiger partial charge in [-0.15, -0.1) is 0 Å². The normalized spacial score (nSPS) is 14.3. The van der Waals surface area contributed by atoms with Gasteiger partial charge in [0.05, 0.1) is 6.04 Å². The zero-order valence-corrected chi connectivity index (χ0v) is 33.3. The van der Waals surface area contributed by atoms with Crippen LogP contribution < -0.4 is 21.7 Å². The van der Waals surface area contributed by atoms with Gasteiger partial charge < -0.3 is 41.5 Å². The molecule has 0 saturated heterocycles. The summed E-state index contributed by atoms with van der Waals surface area (Å²) in [4.78, 5) is 64.5. The highest BCUT2D eigenvalue weighted by Gasteiger charge is 2.39. The molecule has 7 N–H and O–H groups in total. The van der Waals surface area contributed by atoms with Crippen molar-refractivity contribution in [3.05, 3.63) is 136 Å². The van der Waals surface area contributed by atoms with Crippen LogP contribution in [-0.2, 0) is 56.5 Å². The van der Waals surface area contributed by atoms with Crippen molar-refractivity contribution >= 4 is 29.8 Å². The number of nitrogens with one attached hydrogen (secondary N) is 3. The predicted molar refractivity (Wildman–Crippen MR) is 216 cm³/mol. The average molecular weight is 834 g/mol. The largest absolute Gasteiger partial charge is 0.508 e. The lowest BCUT2D eigenvalue weighted by atomic mass is 9.91. The van der Waals surface area contributed by atoms with Crippen LogP contribution in [0, 0.1) is 13.8 Å². The summed E-state index contributed by atoms with van der Waals surface area (Å²) in [6.07, 6.45) is -3.73. The van der Waals surface area contributed by atoms with Crippen LogP contribution in [0.25, 0.3) is 0 Å². The Bertz CT molecular complexity index is 2060. The van der Waals surface area contributed by atoms with Gasteiger partial charge in [-0.1, -0.05) is 84.9 Å². The molecule has 4 aromatic carbocycles. The second kappa shape index (κ2) is 22.1. The highest BCUT2D eigenvalue weighted by atomic mass is 19.4. The van der Waals surface area contributed by atoms with E-state index in [1.54, 1.807) is 12.1 Å². The number of nitrogens with two attached hydrogens (primary N) is 1. The van der Waals surface area contributed by atoms with Gasteiger partial charge in [-0.3, -0.25) is 14.4 Å². The number of carbonyl (C=O) groups is 5. The molecule has 13 nitrogen and oxygen atoms in total. The number of amides is 4. The van der Waals surface area contributed by atoms with Crippen LogP contribution in [0.4, 0.5) is 18.0 Å². The smallest absolute Gasteiger partial charge is 0.490 e. The maximum Gasteiger partial charge on any atom is 0.490 e. The Labute approximate surface area is 346 Å². The molecule has 16 heteroatoms. The molecule has 4 aromatic rings. The van der Waals surface area contributed by atoms with Gasteiger partial charge in [-0.05, 0) is 90.6 Å². The summed E-state index contributed by atoms with van der Waals surface area (Å²) in [6.45, 7) is 4.71. The SMILES string of the molecule is Cc1cc(O)cc(C)c1CC(N)C(=O)N1Cc2ccccc2CC1C(=O)N[C@@H](CCCCNC(=O)OCc1ccccc1)C(=O)NCc1ccccc1.O=C(O)C(F)(F)F. The summed E-state index contributed by atoms with van der Waals surface area (Å²) < 4.78 is 37.0. The van der Waals surface area contributed by atoms with Crippen molar-refractivity contribution in [1.82, 2.24) is 20.9 Å². The average Bonchev–Trinajstić information content (AvgIpc) is 3.22. The molecule has 0 aliphatic carbocycles. The van der Waals surface area contributed by atoms with E-state index in [1.807, 2.05) is 98.8 Å². The van der Waals surface area contributed by atoms with Crippen molar-refractivity contribution in [3.8, 4) is 5.75 Å². The number of fused-ring (bicyclic) bond motifs is 1. The van der Waals surface area contributed by atoms with E-state index in [0.29, 0.717) is 25.8 Å². The minimum absolute atomic E-state index is 0.146. The van der Waals surface area contributed by atoms with Crippen LogP contribution in [0.1, 0.15) is 58.2 Å². The molecule has 2 unspecified atom stereocenters. The van der Waals surface area contributed by atoms with Crippen LogP contribution in [0.5, 0.6) is 5.75 Å². The van der Waals surface area contributed by atoms with Gasteiger partial charge in [0, 0.05) is 26.1 Å². The molecule has 320 valence electrons. The standard InChI is InChI=1S/C42H49N5O6.C2HF3O2/c1-28-21-34(48)22-29(2)35(28)24-36(43)41(51)47-26-33-18-10-9-17-32(33)23-38(47)40(50)46-37(39(49)45-25-30-13-5-3-6-14-30)19-11-12-20-44-42(52)53-27-31-15-7-4-8-16-31;3-2(4,5)1(6)7/h3-10,13-18,21-22,36-38,48H,11-12,19-20,23-27,43H2,1-2H3,(H,44,52)(H,45,49)(H,46,50);(H,6,7)/t36?,37-,38?;/m0./s1. The zero-order valence-electron chi connectivity index (χ0n) is 33.3. The molecule has 0 saturated carbocycles. The second-order valence-corrected chi connectivity index (χ2v) is 14.4. The maximum atomic E-state index is 14.2. The maximum absolute atomic E-state index is 14.2. The fraction of sp³-hybridized carbons (Fsp3) is 0.341. The summed E-state index contributed by atoms with van der Waals surface area (Å²) in [7, 11) is 0. The highest BCUT2D eigenvalue weighted by Crippen LogP contribution is 2.27. The molecular weight excluding hydrogens is 784 g/mol. The Morgan fingerprint density at radius 3 is 2.02 bits per heavy atom. The number of benzene rings is 4.